The van der Waals surface area contributed by atoms with Crippen LogP contribution in [0.5, 0.6) is 0 Å². The van der Waals surface area contributed by atoms with Gasteiger partial charge in [0.1, 0.15) is 5.52 Å². The zero-order chi connectivity index (χ0) is 14.9. The van der Waals surface area contributed by atoms with Crippen LogP contribution in [0.4, 0.5) is 0 Å². The molecule has 0 saturated heterocycles. The maximum absolute atomic E-state index is 12.1. The standard InChI is InChI=1S/C17H23N3O/c1-2-3-4-5-6-7-8-9-14-17(21)20-16-13-11-10-12-15(16)18-19-20/h4-5,10-13H,2-3,6-9,14H2,1H3/b5-4+. The fraction of sp³-hybridized carbons (Fsp3) is 0.471. The van der Waals surface area contributed by atoms with Crippen molar-refractivity contribution in [3.8, 4) is 0 Å². The van der Waals surface area contributed by atoms with E-state index in [1.807, 2.05) is 24.3 Å². The third kappa shape index (κ3) is 4.52. The van der Waals surface area contributed by atoms with E-state index >= 15 is 0 Å². The summed E-state index contributed by atoms with van der Waals surface area (Å²) in [6.45, 7) is 2.18. The predicted molar refractivity (Wildman–Crippen MR) is 85.3 cm³/mol. The van der Waals surface area contributed by atoms with Gasteiger partial charge in [0, 0.05) is 6.42 Å². The molecule has 21 heavy (non-hydrogen) atoms. The van der Waals surface area contributed by atoms with E-state index in [4.69, 9.17) is 0 Å². The molecule has 0 aliphatic rings. The smallest absolute Gasteiger partial charge is 0.248 e. The first-order valence-electron chi connectivity index (χ1n) is 7.81. The van der Waals surface area contributed by atoms with Crippen molar-refractivity contribution in [1.29, 1.82) is 0 Å². The normalized spacial score (nSPS) is 11.5. The summed E-state index contributed by atoms with van der Waals surface area (Å²) in [6.07, 6.45) is 11.6. The van der Waals surface area contributed by atoms with Crippen LogP contribution in [0.3, 0.4) is 0 Å². The largest absolute Gasteiger partial charge is 0.273 e. The average molecular weight is 285 g/mol. The summed E-state index contributed by atoms with van der Waals surface area (Å²) in [5, 5.41) is 7.96. The number of hydrogen-bond donors (Lipinski definition) is 0. The van der Waals surface area contributed by atoms with Gasteiger partial charge in [-0.05, 0) is 37.8 Å². The number of rotatable bonds is 8. The molecule has 0 radical (unpaired) electrons. The molecule has 2 aromatic rings. The Hall–Kier alpha value is -1.97. The highest BCUT2D eigenvalue weighted by atomic mass is 16.2. The van der Waals surface area contributed by atoms with Crippen molar-refractivity contribution in [1.82, 2.24) is 15.0 Å². The van der Waals surface area contributed by atoms with E-state index in [1.54, 1.807) is 0 Å². The molecule has 4 heteroatoms. The third-order valence-corrected chi connectivity index (χ3v) is 3.47. The molecule has 0 fully saturated rings. The maximum Gasteiger partial charge on any atom is 0.248 e. The minimum absolute atomic E-state index is 0.0326. The van der Waals surface area contributed by atoms with Gasteiger partial charge in [-0.3, -0.25) is 4.79 Å². The second kappa shape index (κ2) is 8.35. The fourth-order valence-corrected chi connectivity index (χ4v) is 2.28. The molecule has 0 aliphatic heterocycles. The van der Waals surface area contributed by atoms with Crippen molar-refractivity contribution in [3.63, 3.8) is 0 Å². The quantitative estimate of drug-likeness (QED) is 0.534. The van der Waals surface area contributed by atoms with Gasteiger partial charge in [-0.25, -0.2) is 0 Å². The van der Waals surface area contributed by atoms with Gasteiger partial charge >= 0.3 is 0 Å². The first-order chi connectivity index (χ1) is 10.3. The molecule has 0 N–H and O–H groups in total. The van der Waals surface area contributed by atoms with Crippen molar-refractivity contribution >= 4 is 16.9 Å². The summed E-state index contributed by atoms with van der Waals surface area (Å²) < 4.78 is 1.43. The number of aromatic nitrogens is 3. The molecule has 0 unspecified atom stereocenters. The summed E-state index contributed by atoms with van der Waals surface area (Å²) in [5.74, 6) is 0.0326. The molecular formula is C17H23N3O. The van der Waals surface area contributed by atoms with Crippen molar-refractivity contribution < 1.29 is 4.79 Å². The second-order valence-corrected chi connectivity index (χ2v) is 5.24. The highest BCUT2D eigenvalue weighted by molar-refractivity contribution is 5.88. The van der Waals surface area contributed by atoms with Crippen LogP contribution in [0.15, 0.2) is 36.4 Å². The Labute approximate surface area is 125 Å². The number of unbranched alkanes of at least 4 members (excludes halogenated alkanes) is 4. The number of carbonyl (C=O) groups excluding carboxylic acids is 1. The van der Waals surface area contributed by atoms with E-state index in [2.05, 4.69) is 29.4 Å². The molecule has 1 heterocycles. The zero-order valence-electron chi connectivity index (χ0n) is 12.7. The minimum Gasteiger partial charge on any atom is -0.273 e. The number of benzene rings is 1. The second-order valence-electron chi connectivity index (χ2n) is 5.24. The first kappa shape index (κ1) is 15.4. The average Bonchev–Trinajstić information content (AvgIpc) is 2.94. The van der Waals surface area contributed by atoms with Crippen LogP contribution in [0.25, 0.3) is 11.0 Å². The van der Waals surface area contributed by atoms with Gasteiger partial charge in [0.25, 0.3) is 0 Å². The van der Waals surface area contributed by atoms with Gasteiger partial charge in [-0.15, -0.1) is 5.10 Å². The Kier molecular flexibility index (Phi) is 6.13. The Morgan fingerprint density at radius 2 is 1.95 bits per heavy atom. The summed E-state index contributed by atoms with van der Waals surface area (Å²) in [5.41, 5.74) is 1.57. The topological polar surface area (TPSA) is 47.8 Å². The van der Waals surface area contributed by atoms with Gasteiger partial charge in [-0.1, -0.05) is 49.3 Å². The molecular weight excluding hydrogens is 262 g/mol. The zero-order valence-corrected chi connectivity index (χ0v) is 12.7. The lowest BCUT2D eigenvalue weighted by Gasteiger charge is -2.01. The lowest BCUT2D eigenvalue weighted by molar-refractivity contribution is 0.0886. The minimum atomic E-state index is 0.0326. The van der Waals surface area contributed by atoms with Gasteiger partial charge in [0.15, 0.2) is 0 Å². The van der Waals surface area contributed by atoms with Crippen molar-refractivity contribution in [3.05, 3.63) is 36.4 Å². The molecule has 0 bridgehead atoms. The van der Waals surface area contributed by atoms with Crippen LogP contribution < -0.4 is 0 Å². The molecule has 2 rings (SSSR count). The summed E-state index contributed by atoms with van der Waals surface area (Å²) in [4.78, 5) is 12.1. The molecule has 0 atom stereocenters. The van der Waals surface area contributed by atoms with Crippen molar-refractivity contribution in [2.24, 2.45) is 0 Å². The number of hydrogen-bond acceptors (Lipinski definition) is 3. The molecule has 1 aromatic heterocycles. The summed E-state index contributed by atoms with van der Waals surface area (Å²) >= 11 is 0. The van der Waals surface area contributed by atoms with E-state index in [0.717, 1.165) is 43.1 Å². The number of nitrogens with zero attached hydrogens (tertiary/aromatic N) is 3. The maximum atomic E-state index is 12.1. The number of allylic oxidation sites excluding steroid dienone is 2. The van der Waals surface area contributed by atoms with Crippen molar-refractivity contribution in [2.75, 3.05) is 0 Å². The van der Waals surface area contributed by atoms with Crippen LogP contribution in [0.2, 0.25) is 0 Å². The molecule has 112 valence electrons. The van der Waals surface area contributed by atoms with E-state index < -0.39 is 0 Å². The number of fused-ring (bicyclic) bond motifs is 1. The van der Waals surface area contributed by atoms with Crippen LogP contribution in [0, 0.1) is 0 Å². The third-order valence-electron chi connectivity index (χ3n) is 3.47. The fourth-order valence-electron chi connectivity index (χ4n) is 2.28. The number of carbonyl (C=O) groups is 1. The molecule has 0 amide bonds. The van der Waals surface area contributed by atoms with Crippen molar-refractivity contribution in [2.45, 2.75) is 51.9 Å². The first-order valence-corrected chi connectivity index (χ1v) is 7.81. The van der Waals surface area contributed by atoms with E-state index in [9.17, 15) is 4.79 Å². The van der Waals surface area contributed by atoms with Crippen LogP contribution in [-0.4, -0.2) is 20.9 Å². The number of para-hydroxylation sites is 1. The molecule has 1 aromatic carbocycles. The van der Waals surface area contributed by atoms with Gasteiger partial charge in [0.2, 0.25) is 5.91 Å². The lowest BCUT2D eigenvalue weighted by atomic mass is 10.1. The Morgan fingerprint density at radius 3 is 2.81 bits per heavy atom. The lowest BCUT2D eigenvalue weighted by Crippen LogP contribution is -2.12. The SMILES string of the molecule is CCC/C=C/CCCCCC(=O)n1nnc2ccccc21. The van der Waals surface area contributed by atoms with E-state index in [-0.39, 0.29) is 5.91 Å². The Balaban J connectivity index is 1.73. The van der Waals surface area contributed by atoms with Crippen LogP contribution in [-0.2, 0) is 0 Å². The highest BCUT2D eigenvalue weighted by Crippen LogP contribution is 2.12. The van der Waals surface area contributed by atoms with Gasteiger partial charge < -0.3 is 0 Å². The highest BCUT2D eigenvalue weighted by Gasteiger charge is 2.10. The molecule has 0 saturated carbocycles. The summed E-state index contributed by atoms with van der Waals surface area (Å²) in [7, 11) is 0. The Morgan fingerprint density at radius 1 is 1.14 bits per heavy atom. The Bertz CT molecular complexity index is 601. The monoisotopic (exact) mass is 285 g/mol. The molecule has 4 nitrogen and oxygen atoms in total. The van der Waals surface area contributed by atoms with E-state index in [0.29, 0.717) is 6.42 Å². The summed E-state index contributed by atoms with van der Waals surface area (Å²) in [6, 6.07) is 7.55. The van der Waals surface area contributed by atoms with Crippen LogP contribution >= 0.6 is 0 Å². The van der Waals surface area contributed by atoms with Crippen LogP contribution in [0.1, 0.15) is 56.7 Å². The van der Waals surface area contributed by atoms with Gasteiger partial charge in [0.05, 0.1) is 5.52 Å². The molecule has 0 aliphatic carbocycles. The molecule has 0 spiro atoms. The van der Waals surface area contributed by atoms with E-state index in [1.165, 1.54) is 11.1 Å². The van der Waals surface area contributed by atoms with Gasteiger partial charge in [-0.2, -0.15) is 4.68 Å². The predicted octanol–water partition coefficient (Wildman–Crippen LogP) is 4.38.